The fraction of sp³-hybridized carbons (Fsp3) is 0.600. The molecule has 0 aromatic rings. The summed E-state index contributed by atoms with van der Waals surface area (Å²) in [7, 11) is 0. The third-order valence-electron chi connectivity index (χ3n) is 2.91. The summed E-state index contributed by atoms with van der Waals surface area (Å²) in [6.45, 7) is 1.92. The molecule has 0 radical (unpaired) electrons. The first kappa shape index (κ1) is 10.0. The van der Waals surface area contributed by atoms with Gasteiger partial charge in [-0.2, -0.15) is 0 Å². The zero-order valence-electron chi connectivity index (χ0n) is 8.66. The molecule has 1 heterocycles. The number of aliphatic carboxylic acids is 1. The van der Waals surface area contributed by atoms with E-state index in [0.717, 1.165) is 12.2 Å². The molecular weight excluding hydrogens is 194 g/mol. The van der Waals surface area contributed by atoms with Gasteiger partial charge in [0.1, 0.15) is 17.5 Å². The molecule has 1 fully saturated rings. The third-order valence-corrected chi connectivity index (χ3v) is 2.91. The molecule has 1 aliphatic carbocycles. The van der Waals surface area contributed by atoms with Gasteiger partial charge >= 0.3 is 5.97 Å². The summed E-state index contributed by atoms with van der Waals surface area (Å²) in [5, 5.41) is 15.3. The molecule has 1 aliphatic heterocycles. The molecule has 0 spiro atoms. The molecule has 2 rings (SSSR count). The summed E-state index contributed by atoms with van der Waals surface area (Å²) in [6.07, 6.45) is 5.81. The van der Waals surface area contributed by atoms with Gasteiger partial charge in [-0.15, -0.1) is 0 Å². The number of nitrogens with zero attached hydrogens (tertiary/aromatic N) is 1. The van der Waals surface area contributed by atoms with E-state index in [0.29, 0.717) is 12.8 Å². The fourth-order valence-corrected chi connectivity index (χ4v) is 1.82. The van der Waals surface area contributed by atoms with Crippen LogP contribution in [0, 0.1) is 0 Å². The highest BCUT2D eigenvalue weighted by molar-refractivity contribution is 5.81. The monoisotopic (exact) mass is 209 g/mol. The second-order valence-corrected chi connectivity index (χ2v) is 4.06. The van der Waals surface area contributed by atoms with Gasteiger partial charge in [0.05, 0.1) is 0 Å². The smallest absolute Gasteiger partial charge is 0.329 e. The number of nitrogens with one attached hydrogen (secondary N) is 2. The zero-order chi connectivity index (χ0) is 10.9. The van der Waals surface area contributed by atoms with E-state index in [1.807, 2.05) is 6.92 Å². The molecule has 0 amide bonds. The first-order valence-corrected chi connectivity index (χ1v) is 5.14. The van der Waals surface area contributed by atoms with Crippen molar-refractivity contribution in [1.29, 1.82) is 0 Å². The van der Waals surface area contributed by atoms with E-state index in [1.165, 1.54) is 0 Å². The molecule has 0 aromatic carbocycles. The van der Waals surface area contributed by atoms with Crippen molar-refractivity contribution in [2.24, 2.45) is 4.99 Å². The maximum atomic E-state index is 11.1. The summed E-state index contributed by atoms with van der Waals surface area (Å²) in [5.74, 6) is -0.0220. The van der Waals surface area contributed by atoms with E-state index in [2.05, 4.69) is 15.6 Å². The van der Waals surface area contributed by atoms with Crippen molar-refractivity contribution < 1.29 is 9.90 Å². The minimum atomic E-state index is -0.772. The van der Waals surface area contributed by atoms with Gasteiger partial charge in [-0.25, -0.2) is 4.79 Å². The lowest BCUT2D eigenvalue weighted by atomic mass is 9.77. The van der Waals surface area contributed by atoms with Gasteiger partial charge in [-0.05, 0) is 32.3 Å². The van der Waals surface area contributed by atoms with Gasteiger partial charge in [-0.3, -0.25) is 4.99 Å². The molecule has 3 N–H and O–H groups in total. The molecule has 1 atom stereocenters. The average molecular weight is 209 g/mol. The largest absolute Gasteiger partial charge is 0.480 e. The second kappa shape index (κ2) is 3.56. The van der Waals surface area contributed by atoms with Crippen molar-refractivity contribution in [3.63, 3.8) is 0 Å². The van der Waals surface area contributed by atoms with E-state index < -0.39 is 11.5 Å². The fourth-order valence-electron chi connectivity index (χ4n) is 1.82. The Morgan fingerprint density at radius 2 is 2.47 bits per heavy atom. The van der Waals surface area contributed by atoms with Crippen LogP contribution < -0.4 is 10.6 Å². The molecule has 0 saturated heterocycles. The molecule has 15 heavy (non-hydrogen) atoms. The maximum absolute atomic E-state index is 11.1. The molecule has 0 aromatic heterocycles. The van der Waals surface area contributed by atoms with Crippen LogP contribution in [0.2, 0.25) is 0 Å². The topological polar surface area (TPSA) is 73.7 Å². The number of aliphatic imine (C=N–C) groups is 1. The summed E-state index contributed by atoms with van der Waals surface area (Å²) < 4.78 is 0. The summed E-state index contributed by atoms with van der Waals surface area (Å²) in [5.41, 5.74) is -0.760. The van der Waals surface area contributed by atoms with Crippen molar-refractivity contribution in [3.05, 3.63) is 11.9 Å². The van der Waals surface area contributed by atoms with Gasteiger partial charge in [0, 0.05) is 6.21 Å². The summed E-state index contributed by atoms with van der Waals surface area (Å²) in [6, 6.07) is 0. The van der Waals surface area contributed by atoms with Gasteiger partial charge in [-0.1, -0.05) is 0 Å². The van der Waals surface area contributed by atoms with E-state index in [-0.39, 0.29) is 6.17 Å². The Morgan fingerprint density at radius 1 is 1.73 bits per heavy atom. The summed E-state index contributed by atoms with van der Waals surface area (Å²) >= 11 is 0. The van der Waals surface area contributed by atoms with Gasteiger partial charge < -0.3 is 15.7 Å². The molecule has 1 unspecified atom stereocenters. The quantitative estimate of drug-likeness (QED) is 0.630. The second-order valence-electron chi connectivity index (χ2n) is 4.06. The first-order valence-electron chi connectivity index (χ1n) is 5.14. The summed E-state index contributed by atoms with van der Waals surface area (Å²) in [4.78, 5) is 15.2. The Balaban J connectivity index is 2.04. The highest BCUT2D eigenvalue weighted by atomic mass is 16.4. The molecule has 1 saturated carbocycles. The number of carbonyl (C=O) groups is 1. The first-order chi connectivity index (χ1) is 7.12. The normalized spacial score (nSPS) is 27.3. The number of carboxylic acid groups (broad SMARTS) is 1. The molecular formula is C10H15N3O2. The maximum Gasteiger partial charge on any atom is 0.329 e. The average Bonchev–Trinajstić information content (AvgIpc) is 2.11. The third kappa shape index (κ3) is 1.82. The lowest BCUT2D eigenvalue weighted by molar-refractivity contribution is -0.148. The standard InChI is InChI=1S/C10H15N3O2/c1-7-11-6-3-8(12-7)13-10(9(14)15)4-2-5-10/h3,6-7,12-13H,2,4-5H2,1H3,(H,14,15). The van der Waals surface area contributed by atoms with Crippen LogP contribution in [0.25, 0.3) is 0 Å². The molecule has 5 heteroatoms. The van der Waals surface area contributed by atoms with E-state index in [1.54, 1.807) is 12.3 Å². The highest BCUT2D eigenvalue weighted by Gasteiger charge is 2.44. The SMILES string of the molecule is CC1N=CC=C(NC2(C(=O)O)CCC2)N1. The van der Waals surface area contributed by atoms with E-state index in [9.17, 15) is 4.79 Å². The van der Waals surface area contributed by atoms with Crippen molar-refractivity contribution in [1.82, 2.24) is 10.6 Å². The Kier molecular flexibility index (Phi) is 2.38. The predicted molar refractivity (Wildman–Crippen MR) is 56.5 cm³/mol. The Bertz CT molecular complexity index is 332. The van der Waals surface area contributed by atoms with E-state index in [4.69, 9.17) is 5.11 Å². The number of carboxylic acids is 1. The zero-order valence-corrected chi connectivity index (χ0v) is 8.66. The van der Waals surface area contributed by atoms with Crippen LogP contribution in [0.5, 0.6) is 0 Å². The Hall–Kier alpha value is -1.52. The van der Waals surface area contributed by atoms with E-state index >= 15 is 0 Å². The van der Waals surface area contributed by atoms with Crippen LogP contribution in [0.1, 0.15) is 26.2 Å². The van der Waals surface area contributed by atoms with Crippen LogP contribution in [0.4, 0.5) is 0 Å². The lowest BCUT2D eigenvalue weighted by Gasteiger charge is -2.40. The lowest BCUT2D eigenvalue weighted by Crippen LogP contribution is -2.58. The molecule has 2 aliphatic rings. The van der Waals surface area contributed by atoms with Crippen LogP contribution in [-0.4, -0.2) is 29.0 Å². The predicted octanol–water partition coefficient (Wildman–Crippen LogP) is 0.445. The number of hydrogen-bond donors (Lipinski definition) is 3. The minimum absolute atomic E-state index is 0.00317. The molecule has 0 bridgehead atoms. The number of rotatable bonds is 3. The van der Waals surface area contributed by atoms with Crippen LogP contribution in [0.15, 0.2) is 16.9 Å². The van der Waals surface area contributed by atoms with Crippen molar-refractivity contribution in [2.45, 2.75) is 37.9 Å². The minimum Gasteiger partial charge on any atom is -0.480 e. The van der Waals surface area contributed by atoms with Crippen LogP contribution in [0.3, 0.4) is 0 Å². The van der Waals surface area contributed by atoms with Crippen molar-refractivity contribution >= 4 is 12.2 Å². The van der Waals surface area contributed by atoms with Crippen molar-refractivity contribution in [2.75, 3.05) is 0 Å². The van der Waals surface area contributed by atoms with Crippen molar-refractivity contribution in [3.8, 4) is 0 Å². The Labute approximate surface area is 88.3 Å². The van der Waals surface area contributed by atoms with Gasteiger partial charge in [0.15, 0.2) is 0 Å². The van der Waals surface area contributed by atoms with Gasteiger partial charge in [0.2, 0.25) is 0 Å². The van der Waals surface area contributed by atoms with Gasteiger partial charge in [0.25, 0.3) is 0 Å². The highest BCUT2D eigenvalue weighted by Crippen LogP contribution is 2.32. The number of hydrogen-bond acceptors (Lipinski definition) is 4. The number of allylic oxidation sites excluding steroid dienone is 1. The van der Waals surface area contributed by atoms with Crippen LogP contribution in [-0.2, 0) is 4.79 Å². The molecule has 5 nitrogen and oxygen atoms in total. The molecule has 82 valence electrons. The Morgan fingerprint density at radius 3 is 2.93 bits per heavy atom. The van der Waals surface area contributed by atoms with Crippen LogP contribution >= 0.6 is 0 Å².